The number of halogens is 2. The molecule has 0 aliphatic heterocycles. The van der Waals surface area contributed by atoms with Crippen molar-refractivity contribution in [1.82, 2.24) is 5.43 Å². The number of hydrazone groups is 1. The van der Waals surface area contributed by atoms with Crippen LogP contribution in [0, 0.1) is 6.92 Å². The summed E-state index contributed by atoms with van der Waals surface area (Å²) in [4.78, 5) is 13.1. The second kappa shape index (κ2) is 10.5. The molecule has 0 radical (unpaired) electrons. The van der Waals surface area contributed by atoms with E-state index in [0.29, 0.717) is 28.0 Å². The number of rotatable bonds is 7. The molecule has 0 saturated heterocycles. The molecule has 1 atom stereocenters. The van der Waals surface area contributed by atoms with E-state index in [9.17, 15) is 4.79 Å². The molecule has 3 aromatic carbocycles. The van der Waals surface area contributed by atoms with Gasteiger partial charge >= 0.3 is 0 Å². The maximum Gasteiger partial charge on any atom is 0.247 e. The van der Waals surface area contributed by atoms with Gasteiger partial charge in [-0.05, 0) is 60.4 Å². The first-order valence-electron chi connectivity index (χ1n) is 10.5. The molecule has 6 heteroatoms. The van der Waals surface area contributed by atoms with Gasteiger partial charge in [0.25, 0.3) is 0 Å². The molecule has 4 aromatic rings. The average molecular weight is 477 g/mol. The molecule has 1 unspecified atom stereocenters. The number of benzene rings is 3. The number of aryl methyl sites for hydroxylation is 1. The topological polar surface area (TPSA) is 54.6 Å². The normalized spacial score (nSPS) is 12.1. The van der Waals surface area contributed by atoms with Gasteiger partial charge in [-0.1, -0.05) is 77.8 Å². The van der Waals surface area contributed by atoms with E-state index in [1.165, 1.54) is 6.21 Å². The van der Waals surface area contributed by atoms with E-state index in [4.69, 9.17) is 27.6 Å². The molecule has 1 aromatic heterocycles. The first-order chi connectivity index (χ1) is 16.0. The van der Waals surface area contributed by atoms with Crippen molar-refractivity contribution in [2.75, 3.05) is 0 Å². The summed E-state index contributed by atoms with van der Waals surface area (Å²) in [7, 11) is 0. The molecule has 1 amide bonds. The largest absolute Gasteiger partial charge is 0.455 e. The number of nitrogens with zero attached hydrogens (tertiary/aromatic N) is 1. The Bertz CT molecular complexity index is 1280. The summed E-state index contributed by atoms with van der Waals surface area (Å²) in [5.41, 5.74) is 6.69. The number of hydrogen-bond donors (Lipinski definition) is 1. The number of carbonyl (C=O) groups excluding carboxylic acids is 1. The van der Waals surface area contributed by atoms with E-state index in [2.05, 4.69) is 29.6 Å². The minimum atomic E-state index is -0.368. The lowest BCUT2D eigenvalue weighted by Gasteiger charge is -2.17. The zero-order chi connectivity index (χ0) is 23.2. The smallest absolute Gasteiger partial charge is 0.247 e. The monoisotopic (exact) mass is 476 g/mol. The Labute approximate surface area is 202 Å². The molecule has 1 heterocycles. The fraction of sp³-hybridized carbons (Fsp3) is 0.111. The van der Waals surface area contributed by atoms with Crippen molar-refractivity contribution in [1.29, 1.82) is 0 Å². The zero-order valence-electron chi connectivity index (χ0n) is 18.0. The van der Waals surface area contributed by atoms with Gasteiger partial charge in [-0.2, -0.15) is 5.10 Å². The third kappa shape index (κ3) is 5.72. The standard InChI is InChI=1S/C27H22Cl2N2O2/c1-18-7-5-6-10-20(18)15-23(19-8-3-2-4-9-19)27(32)31-30-17-22-12-14-26(33-22)21-11-13-24(28)25(29)16-21/h2-14,16-17,23H,15H2,1H3,(H,31,32). The van der Waals surface area contributed by atoms with Crippen LogP contribution >= 0.6 is 23.2 Å². The Balaban J connectivity index is 1.48. The van der Waals surface area contributed by atoms with Crippen LogP contribution in [0.3, 0.4) is 0 Å². The van der Waals surface area contributed by atoms with Gasteiger partial charge in [0.15, 0.2) is 0 Å². The van der Waals surface area contributed by atoms with E-state index >= 15 is 0 Å². The third-order valence-electron chi connectivity index (χ3n) is 5.40. The van der Waals surface area contributed by atoms with Gasteiger partial charge in [0.2, 0.25) is 5.91 Å². The summed E-state index contributed by atoms with van der Waals surface area (Å²) in [5, 5.41) is 5.06. The van der Waals surface area contributed by atoms with Crippen LogP contribution in [0.2, 0.25) is 10.0 Å². The van der Waals surface area contributed by atoms with Crippen molar-refractivity contribution in [3.8, 4) is 11.3 Å². The fourth-order valence-electron chi connectivity index (χ4n) is 3.57. The van der Waals surface area contributed by atoms with E-state index < -0.39 is 0 Å². The Morgan fingerprint density at radius 3 is 2.48 bits per heavy atom. The SMILES string of the molecule is Cc1ccccc1CC(C(=O)NN=Cc1ccc(-c2ccc(Cl)c(Cl)c2)o1)c1ccccc1. The van der Waals surface area contributed by atoms with Crippen LogP contribution in [0.4, 0.5) is 0 Å². The van der Waals surface area contributed by atoms with Gasteiger partial charge in [0.1, 0.15) is 11.5 Å². The molecule has 0 saturated carbocycles. The molecule has 0 bridgehead atoms. The number of nitrogens with one attached hydrogen (secondary N) is 1. The van der Waals surface area contributed by atoms with Crippen LogP contribution < -0.4 is 5.43 Å². The Hall–Kier alpha value is -3.34. The maximum absolute atomic E-state index is 13.1. The highest BCUT2D eigenvalue weighted by Gasteiger charge is 2.21. The summed E-state index contributed by atoms with van der Waals surface area (Å²) in [6.45, 7) is 2.05. The summed E-state index contributed by atoms with van der Waals surface area (Å²) in [5.74, 6) is 0.583. The Morgan fingerprint density at radius 2 is 1.73 bits per heavy atom. The van der Waals surface area contributed by atoms with Gasteiger partial charge in [-0.25, -0.2) is 5.43 Å². The molecule has 0 spiro atoms. The molecule has 33 heavy (non-hydrogen) atoms. The van der Waals surface area contributed by atoms with Crippen LogP contribution in [0.5, 0.6) is 0 Å². The lowest BCUT2D eigenvalue weighted by atomic mass is 9.90. The molecule has 166 valence electrons. The Kier molecular flexibility index (Phi) is 7.28. The van der Waals surface area contributed by atoms with Gasteiger partial charge in [-0.15, -0.1) is 0 Å². The highest BCUT2D eigenvalue weighted by atomic mass is 35.5. The van der Waals surface area contributed by atoms with E-state index in [-0.39, 0.29) is 11.8 Å². The summed E-state index contributed by atoms with van der Waals surface area (Å²) < 4.78 is 5.80. The number of furan rings is 1. The van der Waals surface area contributed by atoms with Crippen LogP contribution in [-0.4, -0.2) is 12.1 Å². The van der Waals surface area contributed by atoms with E-state index in [1.54, 1.807) is 18.2 Å². The van der Waals surface area contributed by atoms with Crippen LogP contribution in [0.15, 0.2) is 94.4 Å². The van der Waals surface area contributed by atoms with Crippen LogP contribution in [0.25, 0.3) is 11.3 Å². The van der Waals surface area contributed by atoms with E-state index in [0.717, 1.165) is 22.3 Å². The first-order valence-corrected chi connectivity index (χ1v) is 11.2. The summed E-state index contributed by atoms with van der Waals surface area (Å²) in [6.07, 6.45) is 2.06. The average Bonchev–Trinajstić information content (AvgIpc) is 3.30. The molecule has 0 fully saturated rings. The predicted octanol–water partition coefficient (Wildman–Crippen LogP) is 7.04. The molecule has 1 N–H and O–H groups in total. The van der Waals surface area contributed by atoms with Crippen molar-refractivity contribution < 1.29 is 9.21 Å². The van der Waals surface area contributed by atoms with Crippen molar-refractivity contribution in [2.24, 2.45) is 5.10 Å². The van der Waals surface area contributed by atoms with Crippen molar-refractivity contribution in [2.45, 2.75) is 19.3 Å². The lowest BCUT2D eigenvalue weighted by Crippen LogP contribution is -2.27. The van der Waals surface area contributed by atoms with Gasteiger partial charge in [0, 0.05) is 5.56 Å². The molecular weight excluding hydrogens is 455 g/mol. The first kappa shape index (κ1) is 22.8. The van der Waals surface area contributed by atoms with Crippen molar-refractivity contribution in [3.05, 3.63) is 117 Å². The van der Waals surface area contributed by atoms with Gasteiger partial charge < -0.3 is 4.42 Å². The third-order valence-corrected chi connectivity index (χ3v) is 6.14. The van der Waals surface area contributed by atoms with Crippen LogP contribution in [-0.2, 0) is 11.2 Å². The highest BCUT2D eigenvalue weighted by Crippen LogP contribution is 2.29. The number of carbonyl (C=O) groups is 1. The quantitative estimate of drug-likeness (QED) is 0.229. The zero-order valence-corrected chi connectivity index (χ0v) is 19.5. The molecule has 0 aliphatic carbocycles. The molecule has 4 rings (SSSR count). The molecule has 0 aliphatic rings. The maximum atomic E-state index is 13.1. The molecular formula is C27H22Cl2N2O2. The van der Waals surface area contributed by atoms with Crippen LogP contribution in [0.1, 0.15) is 28.4 Å². The summed E-state index contributed by atoms with van der Waals surface area (Å²) >= 11 is 12.1. The number of hydrogen-bond acceptors (Lipinski definition) is 3. The minimum absolute atomic E-state index is 0.183. The second-order valence-electron chi connectivity index (χ2n) is 7.66. The predicted molar refractivity (Wildman–Crippen MR) is 134 cm³/mol. The minimum Gasteiger partial charge on any atom is -0.455 e. The van der Waals surface area contributed by atoms with E-state index in [1.807, 2.05) is 54.6 Å². The second-order valence-corrected chi connectivity index (χ2v) is 8.47. The number of amides is 1. The molecule has 4 nitrogen and oxygen atoms in total. The summed E-state index contributed by atoms with van der Waals surface area (Å²) in [6, 6.07) is 26.7. The Morgan fingerprint density at radius 1 is 0.970 bits per heavy atom. The lowest BCUT2D eigenvalue weighted by molar-refractivity contribution is -0.122. The van der Waals surface area contributed by atoms with Crippen molar-refractivity contribution in [3.63, 3.8) is 0 Å². The van der Waals surface area contributed by atoms with Gasteiger partial charge in [0.05, 0.1) is 22.2 Å². The van der Waals surface area contributed by atoms with Gasteiger partial charge in [-0.3, -0.25) is 4.79 Å². The highest BCUT2D eigenvalue weighted by molar-refractivity contribution is 6.42. The van der Waals surface area contributed by atoms with Crippen molar-refractivity contribution >= 4 is 35.3 Å². The fourth-order valence-corrected chi connectivity index (χ4v) is 3.87.